The number of nitrogen functional groups attached to an aromatic ring is 2. The van der Waals surface area contributed by atoms with Crippen LogP contribution < -0.4 is 16.2 Å². The molecule has 0 radical (unpaired) electrons. The Balaban J connectivity index is 1.84. The highest BCUT2D eigenvalue weighted by Crippen LogP contribution is 2.16. The Hall–Kier alpha value is -3.03. The van der Waals surface area contributed by atoms with Gasteiger partial charge in [-0.3, -0.25) is 0 Å². The van der Waals surface area contributed by atoms with E-state index in [-0.39, 0.29) is 11.9 Å². The summed E-state index contributed by atoms with van der Waals surface area (Å²) in [4.78, 5) is 3.86. The van der Waals surface area contributed by atoms with Gasteiger partial charge in [-0.25, -0.2) is 9.36 Å². The smallest absolute Gasteiger partial charge is 0.241 e. The molecule has 0 saturated carbocycles. The maximum absolute atomic E-state index is 5.71. The zero-order chi connectivity index (χ0) is 14.8. The summed E-state index contributed by atoms with van der Waals surface area (Å²) in [5, 5.41) is 8.34. The number of ether oxygens (including phenoxy) is 1. The van der Waals surface area contributed by atoms with Crippen LogP contribution in [-0.4, -0.2) is 31.7 Å². The summed E-state index contributed by atoms with van der Waals surface area (Å²) in [5.41, 5.74) is 13.1. The van der Waals surface area contributed by atoms with Crippen LogP contribution in [0.15, 0.2) is 36.7 Å². The summed E-state index contributed by atoms with van der Waals surface area (Å²) in [5.74, 6) is 1.21. The Morgan fingerprint density at radius 1 is 1.29 bits per heavy atom. The quantitative estimate of drug-likeness (QED) is 0.729. The summed E-state index contributed by atoms with van der Waals surface area (Å²) < 4.78 is 8.49. The minimum atomic E-state index is 0.160. The molecule has 108 valence electrons. The number of aromatic nitrogens is 5. The fourth-order valence-corrected chi connectivity index (χ4v) is 2.00. The molecule has 2 heterocycles. The molecule has 3 aromatic rings. The number of anilines is 2. The third-order valence-electron chi connectivity index (χ3n) is 3.00. The third kappa shape index (κ3) is 2.64. The van der Waals surface area contributed by atoms with Crippen LogP contribution in [0.1, 0.15) is 5.56 Å². The predicted molar refractivity (Wildman–Crippen MR) is 78.1 cm³/mol. The van der Waals surface area contributed by atoms with Gasteiger partial charge >= 0.3 is 0 Å². The highest BCUT2D eigenvalue weighted by molar-refractivity contribution is 5.39. The number of nitrogens with two attached hydrogens (primary N) is 2. The SMILES string of the molecule is COc1cccc(-n2cc(Cn3nc(N)nc3N)cn2)c1. The minimum absolute atomic E-state index is 0.160. The molecule has 0 bridgehead atoms. The molecule has 0 unspecified atom stereocenters. The number of methoxy groups -OCH3 is 1. The van der Waals surface area contributed by atoms with E-state index >= 15 is 0 Å². The normalized spacial score (nSPS) is 10.7. The van der Waals surface area contributed by atoms with E-state index in [1.54, 1.807) is 18.0 Å². The van der Waals surface area contributed by atoms with Crippen LogP contribution in [0.3, 0.4) is 0 Å². The Morgan fingerprint density at radius 3 is 2.86 bits per heavy atom. The molecule has 0 spiro atoms. The molecule has 2 aromatic heterocycles. The lowest BCUT2D eigenvalue weighted by Crippen LogP contribution is -2.06. The van der Waals surface area contributed by atoms with Crippen LogP contribution >= 0.6 is 0 Å². The number of hydrogen-bond donors (Lipinski definition) is 2. The lowest BCUT2D eigenvalue weighted by Gasteiger charge is -2.04. The zero-order valence-electron chi connectivity index (χ0n) is 11.5. The number of hydrogen-bond acceptors (Lipinski definition) is 6. The standard InChI is InChI=1S/C13H15N7O/c1-21-11-4-2-3-10(5-11)19-7-9(6-16-19)8-20-13(15)17-12(14)18-20/h2-7H,8H2,1H3,(H4,14,15,17,18). The molecule has 0 aliphatic carbocycles. The molecule has 0 aliphatic rings. The number of benzene rings is 1. The zero-order valence-corrected chi connectivity index (χ0v) is 11.5. The topological polar surface area (TPSA) is 110 Å². The van der Waals surface area contributed by atoms with Crippen molar-refractivity contribution >= 4 is 11.9 Å². The van der Waals surface area contributed by atoms with Crippen molar-refractivity contribution in [2.24, 2.45) is 0 Å². The lowest BCUT2D eigenvalue weighted by atomic mass is 10.3. The molecule has 1 aromatic carbocycles. The van der Waals surface area contributed by atoms with Gasteiger partial charge in [-0.15, -0.1) is 5.10 Å². The first-order valence-corrected chi connectivity index (χ1v) is 6.29. The Kier molecular flexibility index (Phi) is 3.19. The van der Waals surface area contributed by atoms with Crippen LogP contribution in [-0.2, 0) is 6.54 Å². The maximum Gasteiger partial charge on any atom is 0.241 e. The summed E-state index contributed by atoms with van der Waals surface area (Å²) >= 11 is 0. The summed E-state index contributed by atoms with van der Waals surface area (Å²) in [7, 11) is 1.63. The van der Waals surface area contributed by atoms with Gasteiger partial charge in [0.2, 0.25) is 11.9 Å². The van der Waals surface area contributed by atoms with Gasteiger partial charge in [0.1, 0.15) is 5.75 Å². The highest BCUT2D eigenvalue weighted by Gasteiger charge is 2.07. The molecular weight excluding hydrogens is 270 g/mol. The van der Waals surface area contributed by atoms with Gasteiger partial charge in [-0.1, -0.05) is 6.07 Å². The molecule has 8 heteroatoms. The average molecular weight is 285 g/mol. The van der Waals surface area contributed by atoms with Crippen molar-refractivity contribution in [1.82, 2.24) is 24.5 Å². The van der Waals surface area contributed by atoms with E-state index in [1.807, 2.05) is 30.5 Å². The summed E-state index contributed by atoms with van der Waals surface area (Å²) in [6.45, 7) is 0.458. The van der Waals surface area contributed by atoms with Gasteiger partial charge in [-0.2, -0.15) is 10.1 Å². The van der Waals surface area contributed by atoms with E-state index in [4.69, 9.17) is 16.2 Å². The predicted octanol–water partition coefficient (Wildman–Crippen LogP) is 0.685. The molecule has 0 amide bonds. The lowest BCUT2D eigenvalue weighted by molar-refractivity contribution is 0.414. The molecular formula is C13H15N7O. The Labute approximate surface area is 121 Å². The largest absolute Gasteiger partial charge is 0.497 e. The molecule has 4 N–H and O–H groups in total. The van der Waals surface area contributed by atoms with Gasteiger partial charge in [0.25, 0.3) is 0 Å². The van der Waals surface area contributed by atoms with E-state index in [0.717, 1.165) is 17.0 Å². The Bertz CT molecular complexity index is 761. The van der Waals surface area contributed by atoms with Crippen LogP contribution in [0.5, 0.6) is 5.75 Å². The van der Waals surface area contributed by atoms with Crippen molar-refractivity contribution in [1.29, 1.82) is 0 Å². The molecule has 21 heavy (non-hydrogen) atoms. The van der Waals surface area contributed by atoms with Crippen LogP contribution in [0.2, 0.25) is 0 Å². The van der Waals surface area contributed by atoms with Crippen molar-refractivity contribution in [3.05, 3.63) is 42.2 Å². The third-order valence-corrected chi connectivity index (χ3v) is 3.00. The fourth-order valence-electron chi connectivity index (χ4n) is 2.00. The summed E-state index contributed by atoms with van der Waals surface area (Å²) in [6, 6.07) is 7.64. The second kappa shape index (κ2) is 5.16. The van der Waals surface area contributed by atoms with E-state index < -0.39 is 0 Å². The van der Waals surface area contributed by atoms with E-state index in [1.165, 1.54) is 4.68 Å². The fraction of sp³-hybridized carbons (Fsp3) is 0.154. The highest BCUT2D eigenvalue weighted by atomic mass is 16.5. The van der Waals surface area contributed by atoms with Crippen LogP contribution in [0.25, 0.3) is 5.69 Å². The van der Waals surface area contributed by atoms with Gasteiger partial charge < -0.3 is 16.2 Å². The second-order valence-corrected chi connectivity index (χ2v) is 4.48. The van der Waals surface area contributed by atoms with Crippen molar-refractivity contribution in [3.63, 3.8) is 0 Å². The second-order valence-electron chi connectivity index (χ2n) is 4.48. The van der Waals surface area contributed by atoms with Gasteiger partial charge in [0.15, 0.2) is 0 Å². The first-order valence-electron chi connectivity index (χ1n) is 6.29. The van der Waals surface area contributed by atoms with Gasteiger partial charge in [0, 0.05) is 17.8 Å². The van der Waals surface area contributed by atoms with Crippen LogP contribution in [0.4, 0.5) is 11.9 Å². The Morgan fingerprint density at radius 2 is 2.14 bits per heavy atom. The molecule has 0 atom stereocenters. The number of nitrogens with zero attached hydrogens (tertiary/aromatic N) is 5. The van der Waals surface area contributed by atoms with E-state index in [0.29, 0.717) is 6.54 Å². The van der Waals surface area contributed by atoms with Gasteiger partial charge in [-0.05, 0) is 12.1 Å². The molecule has 0 saturated heterocycles. The van der Waals surface area contributed by atoms with E-state index in [9.17, 15) is 0 Å². The average Bonchev–Trinajstić information content (AvgIpc) is 3.06. The summed E-state index contributed by atoms with van der Waals surface area (Å²) in [6.07, 6.45) is 3.64. The van der Waals surface area contributed by atoms with Crippen LogP contribution in [0, 0.1) is 0 Å². The van der Waals surface area contributed by atoms with Crippen molar-refractivity contribution < 1.29 is 4.74 Å². The van der Waals surface area contributed by atoms with E-state index in [2.05, 4.69) is 15.2 Å². The first kappa shape index (κ1) is 13.0. The van der Waals surface area contributed by atoms with Crippen molar-refractivity contribution in [2.45, 2.75) is 6.54 Å². The maximum atomic E-state index is 5.71. The molecule has 0 fully saturated rings. The molecule has 8 nitrogen and oxygen atoms in total. The van der Waals surface area contributed by atoms with Gasteiger partial charge in [0.05, 0.1) is 25.5 Å². The number of rotatable bonds is 4. The van der Waals surface area contributed by atoms with Crippen molar-refractivity contribution in [3.8, 4) is 11.4 Å². The minimum Gasteiger partial charge on any atom is -0.497 e. The molecule has 3 rings (SSSR count). The van der Waals surface area contributed by atoms with Crippen molar-refractivity contribution in [2.75, 3.05) is 18.6 Å². The monoisotopic (exact) mass is 285 g/mol. The first-order chi connectivity index (χ1) is 10.2. The molecule has 0 aliphatic heterocycles.